The Kier molecular flexibility index (Phi) is 4.77. The SMILES string of the molecule is NC(=S)c1ccc(CNC(=O)c2ccc(Cl)cc2O)cc1. The summed E-state index contributed by atoms with van der Waals surface area (Å²) in [5.74, 6) is -0.522. The van der Waals surface area contributed by atoms with Crippen LogP contribution in [0, 0.1) is 0 Å². The summed E-state index contributed by atoms with van der Waals surface area (Å²) in [5, 5.41) is 12.8. The van der Waals surface area contributed by atoms with Gasteiger partial charge in [-0.25, -0.2) is 0 Å². The minimum Gasteiger partial charge on any atom is -0.507 e. The highest BCUT2D eigenvalue weighted by molar-refractivity contribution is 7.80. The number of rotatable bonds is 4. The summed E-state index contributed by atoms with van der Waals surface area (Å²) in [6, 6.07) is 11.6. The molecule has 1 amide bonds. The Balaban J connectivity index is 2.02. The number of phenols is 1. The molecule has 4 N–H and O–H groups in total. The number of amides is 1. The van der Waals surface area contributed by atoms with E-state index in [1.807, 2.05) is 12.1 Å². The van der Waals surface area contributed by atoms with Crippen molar-refractivity contribution < 1.29 is 9.90 Å². The molecule has 0 spiro atoms. The van der Waals surface area contributed by atoms with Crippen LogP contribution in [0.2, 0.25) is 5.02 Å². The van der Waals surface area contributed by atoms with Crippen LogP contribution < -0.4 is 11.1 Å². The van der Waals surface area contributed by atoms with E-state index in [2.05, 4.69) is 5.32 Å². The number of hydrogen-bond donors (Lipinski definition) is 3. The van der Waals surface area contributed by atoms with Gasteiger partial charge in [0.2, 0.25) is 0 Å². The van der Waals surface area contributed by atoms with Gasteiger partial charge in [0.05, 0.1) is 5.56 Å². The molecule has 0 aromatic heterocycles. The van der Waals surface area contributed by atoms with Gasteiger partial charge in [-0.1, -0.05) is 48.1 Å². The van der Waals surface area contributed by atoms with Crippen LogP contribution in [0.5, 0.6) is 5.75 Å². The third kappa shape index (κ3) is 3.93. The lowest BCUT2D eigenvalue weighted by atomic mass is 10.1. The van der Waals surface area contributed by atoms with Crippen molar-refractivity contribution in [2.45, 2.75) is 6.54 Å². The predicted molar refractivity (Wildman–Crippen MR) is 86.6 cm³/mol. The van der Waals surface area contributed by atoms with Crippen molar-refractivity contribution in [1.29, 1.82) is 0 Å². The van der Waals surface area contributed by atoms with E-state index >= 15 is 0 Å². The van der Waals surface area contributed by atoms with Gasteiger partial charge in [0.1, 0.15) is 10.7 Å². The number of aromatic hydroxyl groups is 1. The molecule has 2 aromatic rings. The van der Waals surface area contributed by atoms with Crippen molar-refractivity contribution in [2.24, 2.45) is 5.73 Å². The van der Waals surface area contributed by atoms with E-state index in [1.54, 1.807) is 18.2 Å². The smallest absolute Gasteiger partial charge is 0.255 e. The fraction of sp³-hybridized carbons (Fsp3) is 0.0667. The normalized spacial score (nSPS) is 10.1. The molecule has 21 heavy (non-hydrogen) atoms. The molecule has 0 atom stereocenters. The molecule has 0 radical (unpaired) electrons. The fourth-order valence-corrected chi connectivity index (χ4v) is 2.06. The molecule has 0 heterocycles. The molecular formula is C15H13ClN2O2S. The maximum absolute atomic E-state index is 12.0. The minimum atomic E-state index is -0.373. The lowest BCUT2D eigenvalue weighted by Crippen LogP contribution is -2.22. The number of thiocarbonyl (C=S) groups is 1. The Bertz CT molecular complexity index is 687. The number of phenolic OH excluding ortho intramolecular Hbond substituents is 1. The van der Waals surface area contributed by atoms with Crippen molar-refractivity contribution in [2.75, 3.05) is 0 Å². The first-order valence-corrected chi connectivity index (χ1v) is 6.91. The maximum Gasteiger partial charge on any atom is 0.255 e. The topological polar surface area (TPSA) is 75.3 Å². The Labute approximate surface area is 132 Å². The highest BCUT2D eigenvalue weighted by atomic mass is 35.5. The first-order valence-electron chi connectivity index (χ1n) is 6.13. The summed E-state index contributed by atoms with van der Waals surface area (Å²) < 4.78 is 0. The molecule has 2 rings (SSSR count). The van der Waals surface area contributed by atoms with Crippen molar-refractivity contribution >= 4 is 34.7 Å². The van der Waals surface area contributed by atoms with E-state index in [1.165, 1.54) is 12.1 Å². The molecule has 0 aliphatic rings. The zero-order valence-electron chi connectivity index (χ0n) is 11.0. The van der Waals surface area contributed by atoms with E-state index in [4.69, 9.17) is 29.6 Å². The Hall–Kier alpha value is -2.11. The number of hydrogen-bond acceptors (Lipinski definition) is 3. The van der Waals surface area contributed by atoms with Gasteiger partial charge < -0.3 is 16.2 Å². The Morgan fingerprint density at radius 2 is 1.90 bits per heavy atom. The maximum atomic E-state index is 12.0. The van der Waals surface area contributed by atoms with Crippen LogP contribution in [0.15, 0.2) is 42.5 Å². The second-order valence-electron chi connectivity index (χ2n) is 4.41. The van der Waals surface area contributed by atoms with E-state index in [9.17, 15) is 9.90 Å². The second kappa shape index (κ2) is 6.56. The van der Waals surface area contributed by atoms with Crippen LogP contribution in [0.25, 0.3) is 0 Å². The molecule has 4 nitrogen and oxygen atoms in total. The second-order valence-corrected chi connectivity index (χ2v) is 5.28. The molecule has 0 unspecified atom stereocenters. The number of benzene rings is 2. The van der Waals surface area contributed by atoms with Crippen molar-refractivity contribution in [3.8, 4) is 5.75 Å². The number of nitrogens with one attached hydrogen (secondary N) is 1. The van der Waals surface area contributed by atoms with Crippen LogP contribution in [-0.2, 0) is 6.54 Å². The molecular weight excluding hydrogens is 308 g/mol. The van der Waals surface area contributed by atoms with Crippen LogP contribution in [0.4, 0.5) is 0 Å². The number of carbonyl (C=O) groups excluding carboxylic acids is 1. The summed E-state index contributed by atoms with van der Waals surface area (Å²) in [7, 11) is 0. The van der Waals surface area contributed by atoms with Gasteiger partial charge in [-0.3, -0.25) is 4.79 Å². The average Bonchev–Trinajstić information content (AvgIpc) is 2.45. The summed E-state index contributed by atoms with van der Waals surface area (Å²) in [6.07, 6.45) is 0. The fourth-order valence-electron chi connectivity index (χ4n) is 1.76. The van der Waals surface area contributed by atoms with Gasteiger partial charge in [-0.05, 0) is 23.8 Å². The molecule has 0 bridgehead atoms. The van der Waals surface area contributed by atoms with Crippen molar-refractivity contribution in [3.05, 3.63) is 64.2 Å². The number of nitrogens with two attached hydrogens (primary N) is 1. The highest BCUT2D eigenvalue weighted by Crippen LogP contribution is 2.21. The summed E-state index contributed by atoms with van der Waals surface area (Å²) in [6.45, 7) is 0.332. The van der Waals surface area contributed by atoms with E-state index in [0.717, 1.165) is 11.1 Å². The first-order chi connectivity index (χ1) is 9.97. The van der Waals surface area contributed by atoms with Gasteiger partial charge in [0, 0.05) is 17.1 Å². The average molecular weight is 321 g/mol. The quantitative estimate of drug-likeness (QED) is 0.757. The Morgan fingerprint density at radius 1 is 1.24 bits per heavy atom. The summed E-state index contributed by atoms with van der Waals surface area (Å²) in [5.41, 5.74) is 7.37. The van der Waals surface area contributed by atoms with Crippen molar-refractivity contribution in [1.82, 2.24) is 5.32 Å². The van der Waals surface area contributed by atoms with Gasteiger partial charge in [0.15, 0.2) is 0 Å². The Morgan fingerprint density at radius 3 is 2.48 bits per heavy atom. The molecule has 0 aliphatic heterocycles. The molecule has 0 fully saturated rings. The predicted octanol–water partition coefficient (Wildman–Crippen LogP) is 2.61. The largest absolute Gasteiger partial charge is 0.507 e. The van der Waals surface area contributed by atoms with Crippen LogP contribution in [0.1, 0.15) is 21.5 Å². The van der Waals surface area contributed by atoms with Crippen LogP contribution in [-0.4, -0.2) is 16.0 Å². The monoisotopic (exact) mass is 320 g/mol. The lowest BCUT2D eigenvalue weighted by molar-refractivity contribution is 0.0948. The summed E-state index contributed by atoms with van der Waals surface area (Å²) >= 11 is 10.6. The molecule has 0 saturated heterocycles. The third-order valence-electron chi connectivity index (χ3n) is 2.90. The van der Waals surface area contributed by atoms with E-state index in [0.29, 0.717) is 16.6 Å². The van der Waals surface area contributed by atoms with Gasteiger partial charge in [0.25, 0.3) is 5.91 Å². The standard InChI is InChI=1S/C15H13ClN2O2S/c16-11-5-6-12(13(19)7-11)15(20)18-8-9-1-3-10(4-2-9)14(17)21/h1-7,19H,8H2,(H2,17,21)(H,18,20). The lowest BCUT2D eigenvalue weighted by Gasteiger charge is -2.08. The van der Waals surface area contributed by atoms with E-state index < -0.39 is 0 Å². The third-order valence-corrected chi connectivity index (χ3v) is 3.37. The molecule has 0 saturated carbocycles. The van der Waals surface area contributed by atoms with E-state index in [-0.39, 0.29) is 17.2 Å². The zero-order valence-corrected chi connectivity index (χ0v) is 12.5. The zero-order chi connectivity index (χ0) is 15.4. The molecule has 2 aromatic carbocycles. The molecule has 6 heteroatoms. The number of carbonyl (C=O) groups is 1. The summed E-state index contributed by atoms with van der Waals surface area (Å²) in [4.78, 5) is 12.3. The van der Waals surface area contributed by atoms with Crippen LogP contribution >= 0.6 is 23.8 Å². The number of halogens is 1. The molecule has 108 valence electrons. The van der Waals surface area contributed by atoms with Gasteiger partial charge >= 0.3 is 0 Å². The van der Waals surface area contributed by atoms with Crippen LogP contribution in [0.3, 0.4) is 0 Å². The van der Waals surface area contributed by atoms with Gasteiger partial charge in [-0.2, -0.15) is 0 Å². The highest BCUT2D eigenvalue weighted by Gasteiger charge is 2.11. The molecule has 0 aliphatic carbocycles. The minimum absolute atomic E-state index is 0.149. The van der Waals surface area contributed by atoms with Gasteiger partial charge in [-0.15, -0.1) is 0 Å². The van der Waals surface area contributed by atoms with Crippen molar-refractivity contribution in [3.63, 3.8) is 0 Å². The first kappa shape index (κ1) is 15.3.